The Bertz CT molecular complexity index is 747. The van der Waals surface area contributed by atoms with Gasteiger partial charge in [-0.05, 0) is 26.0 Å². The predicted octanol–water partition coefficient (Wildman–Crippen LogP) is 1.92. The van der Waals surface area contributed by atoms with Crippen molar-refractivity contribution in [2.45, 2.75) is 30.0 Å². The molecule has 1 N–H and O–H groups in total. The maximum Gasteiger partial charge on any atom is 0.252 e. The molecule has 1 aliphatic heterocycles. The number of carbonyl (C=O) groups is 2. The average molecular weight is 344 g/mol. The third-order valence-corrected chi connectivity index (χ3v) is 5.42. The van der Waals surface area contributed by atoms with Gasteiger partial charge in [-0.15, -0.1) is 0 Å². The minimum Gasteiger partial charge on any atom is -0.353 e. The van der Waals surface area contributed by atoms with Gasteiger partial charge in [-0.1, -0.05) is 23.9 Å². The minimum absolute atomic E-state index is 0.172. The second-order valence-corrected chi connectivity index (χ2v) is 7.17. The summed E-state index contributed by atoms with van der Waals surface area (Å²) in [5.41, 5.74) is 0.874. The van der Waals surface area contributed by atoms with Gasteiger partial charge in [0.1, 0.15) is 0 Å². The fourth-order valence-electron chi connectivity index (χ4n) is 2.74. The highest BCUT2D eigenvalue weighted by atomic mass is 32.2. The summed E-state index contributed by atoms with van der Waals surface area (Å²) in [6.45, 7) is 5.22. The molecule has 0 spiro atoms. The fourth-order valence-corrected chi connectivity index (χ4v) is 3.97. The Hall–Kier alpha value is -2.28. The summed E-state index contributed by atoms with van der Waals surface area (Å²) in [4.78, 5) is 32.2. The first-order valence-electron chi connectivity index (χ1n) is 7.90. The van der Waals surface area contributed by atoms with E-state index < -0.39 is 4.75 Å². The van der Waals surface area contributed by atoms with Crippen molar-refractivity contribution in [3.8, 4) is 0 Å². The first-order valence-corrected chi connectivity index (χ1v) is 8.72. The van der Waals surface area contributed by atoms with Crippen LogP contribution in [0.15, 0.2) is 47.9 Å². The van der Waals surface area contributed by atoms with Gasteiger partial charge in [0.05, 0.1) is 12.0 Å². The maximum absolute atomic E-state index is 12.9. The zero-order chi connectivity index (χ0) is 17.2. The molecule has 0 aliphatic carbocycles. The maximum atomic E-state index is 12.9. The summed E-state index contributed by atoms with van der Waals surface area (Å²) >= 11 is 1.32. The van der Waals surface area contributed by atoms with Crippen LogP contribution < -0.4 is 10.2 Å². The number of nitrogens with one attached hydrogen (secondary N) is 1. The summed E-state index contributed by atoms with van der Waals surface area (Å²) in [7, 11) is 0. The van der Waals surface area contributed by atoms with E-state index in [9.17, 15) is 9.59 Å². The standard InChI is InChI=1S/C17H20N4O2S/c1-3-21-13-6-4-5-7-14(13)24-17(2,16(21)23)15(22)19-9-11-20-10-8-18-12-20/h4-8,10,12H,3,9,11H2,1-2H3,(H,19,22). The number of hydrogen-bond donors (Lipinski definition) is 1. The molecule has 3 rings (SSSR count). The molecular weight excluding hydrogens is 324 g/mol. The highest BCUT2D eigenvalue weighted by molar-refractivity contribution is 8.02. The van der Waals surface area contributed by atoms with Gasteiger partial charge in [0, 0.05) is 36.9 Å². The van der Waals surface area contributed by atoms with E-state index in [1.807, 2.05) is 42.0 Å². The Balaban J connectivity index is 1.76. The van der Waals surface area contributed by atoms with Crippen LogP contribution in [0.5, 0.6) is 0 Å². The number of hydrogen-bond acceptors (Lipinski definition) is 4. The molecular formula is C17H20N4O2S. The molecule has 0 saturated heterocycles. The number of imidazole rings is 1. The van der Waals surface area contributed by atoms with Crippen LogP contribution in [0.3, 0.4) is 0 Å². The number of fused-ring (bicyclic) bond motifs is 1. The Kier molecular flexibility index (Phi) is 4.62. The summed E-state index contributed by atoms with van der Waals surface area (Å²) < 4.78 is 0.728. The zero-order valence-corrected chi connectivity index (χ0v) is 14.5. The van der Waals surface area contributed by atoms with Gasteiger partial charge in [0.2, 0.25) is 5.91 Å². The van der Waals surface area contributed by atoms with Gasteiger partial charge < -0.3 is 14.8 Å². The molecule has 1 atom stereocenters. The molecule has 2 heterocycles. The van der Waals surface area contributed by atoms with Crippen molar-refractivity contribution < 1.29 is 9.59 Å². The SMILES string of the molecule is CCN1C(=O)C(C)(C(=O)NCCn2ccnc2)Sc2ccccc21. The molecule has 2 amide bonds. The molecule has 1 aromatic carbocycles. The molecule has 7 heteroatoms. The molecule has 0 saturated carbocycles. The summed E-state index contributed by atoms with van der Waals surface area (Å²) in [5.74, 6) is -0.431. The first-order chi connectivity index (χ1) is 11.6. The molecule has 1 aromatic heterocycles. The second kappa shape index (κ2) is 6.68. The number of nitrogens with zero attached hydrogens (tertiary/aromatic N) is 3. The number of amides is 2. The van der Waals surface area contributed by atoms with E-state index in [0.717, 1.165) is 10.6 Å². The summed E-state index contributed by atoms with van der Waals surface area (Å²) in [6, 6.07) is 7.70. The average Bonchev–Trinajstić information content (AvgIpc) is 3.09. The number of aromatic nitrogens is 2. The second-order valence-electron chi connectivity index (χ2n) is 5.71. The Morgan fingerprint density at radius 2 is 2.17 bits per heavy atom. The minimum atomic E-state index is -1.15. The van der Waals surface area contributed by atoms with Crippen LogP contribution in [-0.4, -0.2) is 39.2 Å². The number of rotatable bonds is 5. The van der Waals surface area contributed by atoms with Crippen LogP contribution in [0.1, 0.15) is 13.8 Å². The van der Waals surface area contributed by atoms with Gasteiger partial charge in [-0.25, -0.2) is 4.98 Å². The third kappa shape index (κ3) is 2.91. The van der Waals surface area contributed by atoms with Gasteiger partial charge in [0.15, 0.2) is 4.75 Å². The van der Waals surface area contributed by atoms with E-state index in [0.29, 0.717) is 19.6 Å². The highest BCUT2D eigenvalue weighted by Crippen LogP contribution is 2.45. The van der Waals surface area contributed by atoms with E-state index in [4.69, 9.17) is 0 Å². The van der Waals surface area contributed by atoms with E-state index in [-0.39, 0.29) is 11.8 Å². The third-order valence-electron chi connectivity index (χ3n) is 4.09. The number of benzene rings is 1. The molecule has 2 aromatic rings. The molecule has 126 valence electrons. The number of anilines is 1. The van der Waals surface area contributed by atoms with Gasteiger partial charge in [0.25, 0.3) is 5.91 Å². The van der Waals surface area contributed by atoms with Crippen LogP contribution in [0.25, 0.3) is 0 Å². The lowest BCUT2D eigenvalue weighted by molar-refractivity contribution is -0.131. The van der Waals surface area contributed by atoms with Crippen LogP contribution in [0.4, 0.5) is 5.69 Å². The van der Waals surface area contributed by atoms with Crippen molar-refractivity contribution in [2.75, 3.05) is 18.0 Å². The monoisotopic (exact) mass is 344 g/mol. The van der Waals surface area contributed by atoms with Crippen molar-refractivity contribution in [2.24, 2.45) is 0 Å². The Morgan fingerprint density at radius 1 is 1.38 bits per heavy atom. The van der Waals surface area contributed by atoms with Crippen LogP contribution in [0, 0.1) is 0 Å². The van der Waals surface area contributed by atoms with Gasteiger partial charge in [-0.3, -0.25) is 9.59 Å². The van der Waals surface area contributed by atoms with E-state index in [1.54, 1.807) is 24.3 Å². The quantitative estimate of drug-likeness (QED) is 0.842. The lowest BCUT2D eigenvalue weighted by Crippen LogP contribution is -2.56. The van der Waals surface area contributed by atoms with Crippen molar-refractivity contribution in [3.05, 3.63) is 43.0 Å². The lowest BCUT2D eigenvalue weighted by atomic mass is 10.1. The number of para-hydroxylation sites is 1. The van der Waals surface area contributed by atoms with Gasteiger partial charge >= 0.3 is 0 Å². The van der Waals surface area contributed by atoms with Crippen LogP contribution >= 0.6 is 11.8 Å². The smallest absolute Gasteiger partial charge is 0.252 e. The largest absolute Gasteiger partial charge is 0.353 e. The van der Waals surface area contributed by atoms with Gasteiger partial charge in [-0.2, -0.15) is 0 Å². The highest BCUT2D eigenvalue weighted by Gasteiger charge is 2.48. The fraction of sp³-hybridized carbons (Fsp3) is 0.353. The van der Waals surface area contributed by atoms with Crippen molar-refractivity contribution >= 4 is 29.3 Å². The molecule has 1 unspecified atom stereocenters. The molecule has 24 heavy (non-hydrogen) atoms. The zero-order valence-electron chi connectivity index (χ0n) is 13.7. The topological polar surface area (TPSA) is 67.2 Å². The van der Waals surface area contributed by atoms with Crippen molar-refractivity contribution in [1.29, 1.82) is 0 Å². The lowest BCUT2D eigenvalue weighted by Gasteiger charge is -2.38. The molecule has 0 bridgehead atoms. The number of thioether (sulfide) groups is 1. The Morgan fingerprint density at radius 3 is 2.88 bits per heavy atom. The molecule has 0 radical (unpaired) electrons. The van der Waals surface area contributed by atoms with Crippen LogP contribution in [-0.2, 0) is 16.1 Å². The molecule has 1 aliphatic rings. The van der Waals surface area contributed by atoms with E-state index in [2.05, 4.69) is 10.3 Å². The normalized spacial score (nSPS) is 19.9. The van der Waals surface area contributed by atoms with Crippen molar-refractivity contribution in [3.63, 3.8) is 0 Å². The number of carbonyl (C=O) groups excluding carboxylic acids is 2. The Labute approximate surface area is 145 Å². The summed E-state index contributed by atoms with van der Waals surface area (Å²) in [6.07, 6.45) is 5.23. The summed E-state index contributed by atoms with van der Waals surface area (Å²) in [5, 5.41) is 2.88. The predicted molar refractivity (Wildman–Crippen MR) is 94.0 cm³/mol. The molecule has 6 nitrogen and oxygen atoms in total. The van der Waals surface area contributed by atoms with Crippen LogP contribution in [0.2, 0.25) is 0 Å². The van der Waals surface area contributed by atoms with Crippen molar-refractivity contribution in [1.82, 2.24) is 14.9 Å². The first kappa shape index (κ1) is 16.6. The molecule has 0 fully saturated rings. The van der Waals surface area contributed by atoms with E-state index in [1.165, 1.54) is 11.8 Å². The van der Waals surface area contributed by atoms with E-state index >= 15 is 0 Å².